The molecule has 0 saturated carbocycles. The van der Waals surface area contributed by atoms with Crippen molar-refractivity contribution in [2.75, 3.05) is 0 Å². The Morgan fingerprint density at radius 3 is 1.27 bits per heavy atom. The van der Waals surface area contributed by atoms with Gasteiger partial charge in [-0.05, 0) is 74.6 Å². The molecule has 26 heavy (non-hydrogen) atoms. The Kier molecular flexibility index (Phi) is 2.93. The molecule has 2 heterocycles. The highest BCUT2D eigenvalue weighted by Gasteiger charge is 2.20. The number of fused-ring (bicyclic) bond motifs is 2. The molecule has 0 aliphatic rings. The smallest absolute Gasteiger partial charge is 0.0797 e. The van der Waals surface area contributed by atoms with Gasteiger partial charge in [0.25, 0.3) is 0 Å². The number of aryl methyl sites for hydroxylation is 6. The maximum atomic E-state index is 5.05. The molecule has 0 radical (unpaired) electrons. The van der Waals surface area contributed by atoms with E-state index in [1.807, 2.05) is 0 Å². The molecule has 0 bridgehead atoms. The quantitative estimate of drug-likeness (QED) is 0.242. The summed E-state index contributed by atoms with van der Waals surface area (Å²) in [7, 11) is 0. The second-order valence-corrected chi connectivity index (χ2v) is 7.70. The van der Waals surface area contributed by atoms with E-state index >= 15 is 0 Å². The molecular formula is C24H22N2. The van der Waals surface area contributed by atoms with E-state index in [9.17, 15) is 0 Å². The van der Waals surface area contributed by atoms with Gasteiger partial charge in [-0.3, -0.25) is 9.97 Å². The van der Waals surface area contributed by atoms with Crippen molar-refractivity contribution in [3.63, 3.8) is 0 Å². The van der Waals surface area contributed by atoms with E-state index < -0.39 is 0 Å². The SMILES string of the molecule is Cc1nc2c3ccc(C)c4c(C)c(C)nc(c5ccc(C)c(c1C)c52)c43. The van der Waals surface area contributed by atoms with E-state index in [0.717, 1.165) is 22.4 Å². The number of benzene rings is 3. The van der Waals surface area contributed by atoms with Crippen molar-refractivity contribution in [3.05, 3.63) is 57.9 Å². The number of nitrogens with zero attached hydrogens (tertiary/aromatic N) is 2. The van der Waals surface area contributed by atoms with Crippen LogP contribution in [0.15, 0.2) is 24.3 Å². The minimum atomic E-state index is 1.11. The highest BCUT2D eigenvalue weighted by Crippen LogP contribution is 2.42. The molecule has 5 rings (SSSR count). The van der Waals surface area contributed by atoms with Crippen LogP contribution in [0.25, 0.3) is 43.4 Å². The van der Waals surface area contributed by atoms with Gasteiger partial charge >= 0.3 is 0 Å². The molecular weight excluding hydrogens is 316 g/mol. The van der Waals surface area contributed by atoms with Crippen LogP contribution in [0.2, 0.25) is 0 Å². The molecule has 0 spiro atoms. The van der Waals surface area contributed by atoms with Crippen LogP contribution in [0.5, 0.6) is 0 Å². The van der Waals surface area contributed by atoms with Crippen LogP contribution in [-0.2, 0) is 0 Å². The van der Waals surface area contributed by atoms with Gasteiger partial charge in [0.1, 0.15) is 0 Å². The first kappa shape index (κ1) is 15.5. The van der Waals surface area contributed by atoms with Gasteiger partial charge in [0.05, 0.1) is 11.0 Å². The van der Waals surface area contributed by atoms with Crippen molar-refractivity contribution in [2.45, 2.75) is 41.5 Å². The van der Waals surface area contributed by atoms with Gasteiger partial charge in [-0.25, -0.2) is 0 Å². The molecule has 0 aliphatic heterocycles. The Balaban J connectivity index is 2.28. The van der Waals surface area contributed by atoms with E-state index in [4.69, 9.17) is 9.97 Å². The Hall–Kier alpha value is -2.74. The summed E-state index contributed by atoms with van der Waals surface area (Å²) in [6.07, 6.45) is 0. The van der Waals surface area contributed by atoms with Gasteiger partial charge in [0.2, 0.25) is 0 Å². The fraction of sp³-hybridized carbons (Fsp3) is 0.250. The largest absolute Gasteiger partial charge is 0.252 e. The van der Waals surface area contributed by atoms with Gasteiger partial charge < -0.3 is 0 Å². The monoisotopic (exact) mass is 338 g/mol. The lowest BCUT2D eigenvalue weighted by Crippen LogP contribution is -2.00. The summed E-state index contributed by atoms with van der Waals surface area (Å²) < 4.78 is 0. The maximum absolute atomic E-state index is 5.05. The highest BCUT2D eigenvalue weighted by atomic mass is 14.7. The second-order valence-electron chi connectivity index (χ2n) is 7.70. The molecule has 0 N–H and O–H groups in total. The number of pyridine rings is 2. The Labute approximate surface area is 153 Å². The summed E-state index contributed by atoms with van der Waals surface area (Å²) in [6, 6.07) is 8.94. The van der Waals surface area contributed by atoms with Gasteiger partial charge in [-0.15, -0.1) is 0 Å². The number of aromatic nitrogens is 2. The van der Waals surface area contributed by atoms with Crippen LogP contribution in [0.1, 0.15) is 33.6 Å². The molecule has 2 heteroatoms. The van der Waals surface area contributed by atoms with Crippen LogP contribution < -0.4 is 0 Å². The molecule has 5 aromatic rings. The normalized spacial score (nSPS) is 12.2. The van der Waals surface area contributed by atoms with Crippen molar-refractivity contribution in [1.82, 2.24) is 9.97 Å². The molecule has 2 aromatic heterocycles. The fourth-order valence-corrected chi connectivity index (χ4v) is 4.63. The summed E-state index contributed by atoms with van der Waals surface area (Å²) in [5.41, 5.74) is 9.63. The first-order valence-electron chi connectivity index (χ1n) is 9.22. The van der Waals surface area contributed by atoms with Gasteiger partial charge in [-0.1, -0.05) is 24.3 Å². The van der Waals surface area contributed by atoms with E-state index in [2.05, 4.69) is 65.8 Å². The zero-order chi connectivity index (χ0) is 18.3. The average molecular weight is 338 g/mol. The van der Waals surface area contributed by atoms with Crippen LogP contribution in [0, 0.1) is 41.5 Å². The topological polar surface area (TPSA) is 25.8 Å². The molecule has 2 nitrogen and oxygen atoms in total. The molecule has 0 saturated heterocycles. The number of rotatable bonds is 0. The lowest BCUT2D eigenvalue weighted by Gasteiger charge is -2.19. The second kappa shape index (κ2) is 4.91. The lowest BCUT2D eigenvalue weighted by atomic mass is 9.88. The van der Waals surface area contributed by atoms with Gasteiger partial charge in [-0.2, -0.15) is 0 Å². The zero-order valence-electron chi connectivity index (χ0n) is 16.2. The van der Waals surface area contributed by atoms with Gasteiger partial charge in [0.15, 0.2) is 0 Å². The van der Waals surface area contributed by atoms with Crippen LogP contribution >= 0.6 is 0 Å². The molecule has 3 aromatic carbocycles. The zero-order valence-corrected chi connectivity index (χ0v) is 16.2. The molecule has 0 amide bonds. The van der Waals surface area contributed by atoms with Gasteiger partial charge in [0, 0.05) is 32.9 Å². The number of hydrogen-bond donors (Lipinski definition) is 0. The third kappa shape index (κ3) is 1.72. The van der Waals surface area contributed by atoms with Crippen LogP contribution in [0.4, 0.5) is 0 Å². The lowest BCUT2D eigenvalue weighted by molar-refractivity contribution is 1.20. The fourth-order valence-electron chi connectivity index (χ4n) is 4.63. The Morgan fingerprint density at radius 1 is 0.500 bits per heavy atom. The summed E-state index contributed by atoms with van der Waals surface area (Å²) in [5, 5.41) is 7.65. The van der Waals surface area contributed by atoms with E-state index in [1.165, 1.54) is 54.6 Å². The average Bonchev–Trinajstić information content (AvgIpc) is 2.61. The minimum Gasteiger partial charge on any atom is -0.252 e. The predicted molar refractivity (Wildman–Crippen MR) is 112 cm³/mol. The Bertz CT molecular complexity index is 1270. The standard InChI is InChI=1S/C24H22N2/c1-11-7-9-17-21-19(11)13(3)15(5)25-23(21)18-10-8-12(2)20-14(4)16(6)26-24(17)22(18)20/h7-10H,1-6H3. The summed E-state index contributed by atoms with van der Waals surface area (Å²) in [5.74, 6) is 0. The van der Waals surface area contributed by atoms with E-state index in [0.29, 0.717) is 0 Å². The van der Waals surface area contributed by atoms with Crippen LogP contribution in [0.3, 0.4) is 0 Å². The predicted octanol–water partition coefficient (Wildman–Crippen LogP) is 6.38. The third-order valence-electron chi connectivity index (χ3n) is 6.21. The summed E-state index contributed by atoms with van der Waals surface area (Å²) in [6.45, 7) is 13.0. The van der Waals surface area contributed by atoms with E-state index in [-0.39, 0.29) is 0 Å². The molecule has 128 valence electrons. The summed E-state index contributed by atoms with van der Waals surface area (Å²) in [4.78, 5) is 10.1. The number of hydrogen-bond acceptors (Lipinski definition) is 2. The molecule has 0 atom stereocenters. The maximum Gasteiger partial charge on any atom is 0.0797 e. The van der Waals surface area contributed by atoms with Crippen LogP contribution in [-0.4, -0.2) is 9.97 Å². The van der Waals surface area contributed by atoms with E-state index in [1.54, 1.807) is 0 Å². The summed E-state index contributed by atoms with van der Waals surface area (Å²) >= 11 is 0. The van der Waals surface area contributed by atoms with Crippen molar-refractivity contribution >= 4 is 43.4 Å². The first-order chi connectivity index (χ1) is 12.4. The molecule has 0 fully saturated rings. The molecule has 0 unspecified atom stereocenters. The van der Waals surface area contributed by atoms with Crippen molar-refractivity contribution in [2.24, 2.45) is 0 Å². The van der Waals surface area contributed by atoms with Crippen molar-refractivity contribution in [1.29, 1.82) is 0 Å². The highest BCUT2D eigenvalue weighted by molar-refractivity contribution is 6.32. The third-order valence-corrected chi connectivity index (χ3v) is 6.21. The van der Waals surface area contributed by atoms with Crippen molar-refractivity contribution < 1.29 is 0 Å². The first-order valence-corrected chi connectivity index (χ1v) is 9.22. The Morgan fingerprint density at radius 2 is 0.885 bits per heavy atom. The van der Waals surface area contributed by atoms with Crippen molar-refractivity contribution in [3.8, 4) is 0 Å². The molecule has 0 aliphatic carbocycles. The minimum absolute atomic E-state index is 1.11.